The van der Waals surface area contributed by atoms with E-state index in [2.05, 4.69) is 27.7 Å². The molecule has 0 aromatic heterocycles. The quantitative estimate of drug-likeness (QED) is 0.584. The van der Waals surface area contributed by atoms with Gasteiger partial charge >= 0.3 is 5.97 Å². The summed E-state index contributed by atoms with van der Waals surface area (Å²) in [5.41, 5.74) is 0.535. The van der Waals surface area contributed by atoms with E-state index in [1.165, 1.54) is 32.8 Å². The molecule has 0 aliphatic heterocycles. The van der Waals surface area contributed by atoms with Crippen molar-refractivity contribution in [3.8, 4) is 0 Å². The normalized spacial score (nSPS) is 50.2. The molecule has 31 heavy (non-hydrogen) atoms. The lowest BCUT2D eigenvalue weighted by molar-refractivity contribution is -0.203. The number of aliphatic hydroxyl groups excluding tert-OH is 2. The van der Waals surface area contributed by atoms with E-state index in [9.17, 15) is 15.0 Å². The molecular weight excluding hydrogens is 388 g/mol. The molecule has 178 valence electrons. The maximum atomic E-state index is 11.8. The Kier molecular flexibility index (Phi) is 6.55. The minimum absolute atomic E-state index is 0.0952. The number of rotatable bonds is 5. The molecule has 4 heteroatoms. The summed E-state index contributed by atoms with van der Waals surface area (Å²) in [5.74, 6) is 3.41. The molecule has 0 amide bonds. The zero-order valence-electron chi connectivity index (χ0n) is 20.5. The summed E-state index contributed by atoms with van der Waals surface area (Å²) in [6.07, 6.45) is 9.87. The second-order valence-electron chi connectivity index (χ2n) is 12.2. The minimum Gasteiger partial charge on any atom is -0.469 e. The molecule has 11 atom stereocenters. The minimum atomic E-state index is -0.230. The number of fused-ring (bicyclic) bond motifs is 5. The second kappa shape index (κ2) is 8.63. The summed E-state index contributed by atoms with van der Waals surface area (Å²) in [6.45, 7) is 9.58. The predicted octanol–water partition coefficient (Wildman–Crippen LogP) is 5.20. The maximum Gasteiger partial charge on any atom is 0.305 e. The van der Waals surface area contributed by atoms with Gasteiger partial charge in [-0.2, -0.15) is 0 Å². The molecule has 4 nitrogen and oxygen atoms in total. The Labute approximate surface area is 189 Å². The molecule has 4 aliphatic carbocycles. The zero-order chi connectivity index (χ0) is 22.6. The van der Waals surface area contributed by atoms with E-state index in [0.29, 0.717) is 47.8 Å². The first kappa shape index (κ1) is 23.5. The van der Waals surface area contributed by atoms with Crippen LogP contribution in [0, 0.1) is 52.3 Å². The van der Waals surface area contributed by atoms with Gasteiger partial charge in [0.25, 0.3) is 0 Å². The number of carbonyl (C=O) groups is 1. The molecule has 4 aliphatic rings. The van der Waals surface area contributed by atoms with Crippen LogP contribution in [0.2, 0.25) is 0 Å². The maximum absolute atomic E-state index is 11.8. The van der Waals surface area contributed by atoms with Crippen LogP contribution in [-0.2, 0) is 9.53 Å². The Bertz CT molecular complexity index is 664. The van der Waals surface area contributed by atoms with Gasteiger partial charge in [0.05, 0.1) is 19.3 Å². The van der Waals surface area contributed by atoms with Crippen LogP contribution in [0.15, 0.2) is 0 Å². The van der Waals surface area contributed by atoms with E-state index >= 15 is 0 Å². The number of methoxy groups -OCH3 is 1. The molecule has 4 fully saturated rings. The van der Waals surface area contributed by atoms with E-state index in [1.54, 1.807) is 0 Å². The van der Waals surface area contributed by atoms with Crippen LogP contribution in [0.25, 0.3) is 0 Å². The van der Waals surface area contributed by atoms with Crippen LogP contribution in [-0.4, -0.2) is 35.5 Å². The number of hydrogen-bond acceptors (Lipinski definition) is 4. The van der Waals surface area contributed by atoms with Gasteiger partial charge in [-0.1, -0.05) is 34.1 Å². The van der Waals surface area contributed by atoms with Crippen molar-refractivity contribution in [3.05, 3.63) is 0 Å². The molecule has 0 saturated heterocycles. The Hall–Kier alpha value is -0.610. The van der Waals surface area contributed by atoms with Gasteiger partial charge < -0.3 is 14.9 Å². The average Bonchev–Trinajstić information content (AvgIpc) is 3.10. The van der Waals surface area contributed by atoms with E-state index < -0.39 is 0 Å². The number of carbonyl (C=O) groups excluding carboxylic acids is 1. The lowest BCUT2D eigenvalue weighted by Gasteiger charge is -2.64. The molecule has 4 rings (SSSR count). The number of esters is 1. The highest BCUT2D eigenvalue weighted by Gasteiger charge is 2.64. The van der Waals surface area contributed by atoms with Crippen molar-refractivity contribution in [1.82, 2.24) is 0 Å². The van der Waals surface area contributed by atoms with Crippen LogP contribution in [0.5, 0.6) is 0 Å². The van der Waals surface area contributed by atoms with E-state index in [1.807, 2.05) is 0 Å². The van der Waals surface area contributed by atoms with E-state index in [4.69, 9.17) is 4.74 Å². The Morgan fingerprint density at radius 3 is 2.39 bits per heavy atom. The summed E-state index contributed by atoms with van der Waals surface area (Å²) in [7, 11) is 1.48. The largest absolute Gasteiger partial charge is 0.469 e. The van der Waals surface area contributed by atoms with Crippen LogP contribution in [0.1, 0.15) is 91.9 Å². The smallest absolute Gasteiger partial charge is 0.305 e. The molecular formula is C27H46O4. The summed E-state index contributed by atoms with van der Waals surface area (Å²) in [5, 5.41) is 22.2. The van der Waals surface area contributed by atoms with Crippen molar-refractivity contribution in [2.75, 3.05) is 7.11 Å². The third-order valence-corrected chi connectivity index (χ3v) is 11.2. The molecule has 0 heterocycles. The fraction of sp³-hybridized carbons (Fsp3) is 0.963. The molecule has 1 unspecified atom stereocenters. The van der Waals surface area contributed by atoms with Crippen molar-refractivity contribution in [2.45, 2.75) is 104 Å². The number of aliphatic hydroxyl groups is 2. The van der Waals surface area contributed by atoms with Crippen LogP contribution >= 0.6 is 0 Å². The summed E-state index contributed by atoms with van der Waals surface area (Å²) < 4.78 is 4.88. The topological polar surface area (TPSA) is 66.8 Å². The summed E-state index contributed by atoms with van der Waals surface area (Å²) in [6, 6.07) is 0. The van der Waals surface area contributed by atoms with Crippen LogP contribution < -0.4 is 0 Å². The van der Waals surface area contributed by atoms with Crippen molar-refractivity contribution >= 4 is 5.97 Å². The SMILES string of the molecule is CC[C@H]1[C@@H](O)[C@@H]2[C@H](CC[C@]3(C)[C@@H](C(C)CCC(=O)OC)CC[C@@H]23)[C@@]2(C)CC[C@@H](O)C[C@@H]12. The van der Waals surface area contributed by atoms with Gasteiger partial charge in [-0.3, -0.25) is 4.79 Å². The summed E-state index contributed by atoms with van der Waals surface area (Å²) >= 11 is 0. The zero-order valence-corrected chi connectivity index (χ0v) is 20.5. The molecule has 0 aromatic carbocycles. The Morgan fingerprint density at radius 2 is 1.71 bits per heavy atom. The number of hydrogen-bond donors (Lipinski definition) is 2. The van der Waals surface area contributed by atoms with Gasteiger partial charge in [-0.25, -0.2) is 0 Å². The monoisotopic (exact) mass is 434 g/mol. The van der Waals surface area contributed by atoms with Crippen molar-refractivity contribution in [1.29, 1.82) is 0 Å². The Morgan fingerprint density at radius 1 is 1.03 bits per heavy atom. The molecule has 4 saturated carbocycles. The first-order valence-corrected chi connectivity index (χ1v) is 13.1. The highest BCUT2D eigenvalue weighted by molar-refractivity contribution is 5.69. The number of ether oxygens (including phenoxy) is 1. The predicted molar refractivity (Wildman–Crippen MR) is 122 cm³/mol. The fourth-order valence-electron chi connectivity index (χ4n) is 9.58. The highest BCUT2D eigenvalue weighted by atomic mass is 16.5. The summed E-state index contributed by atoms with van der Waals surface area (Å²) in [4.78, 5) is 11.7. The van der Waals surface area contributed by atoms with Crippen LogP contribution in [0.4, 0.5) is 0 Å². The lowest BCUT2D eigenvalue weighted by atomic mass is 9.41. The van der Waals surface area contributed by atoms with E-state index in [-0.39, 0.29) is 29.0 Å². The van der Waals surface area contributed by atoms with Gasteiger partial charge in [-0.15, -0.1) is 0 Å². The second-order valence-corrected chi connectivity index (χ2v) is 12.2. The van der Waals surface area contributed by atoms with E-state index in [0.717, 1.165) is 32.1 Å². The average molecular weight is 435 g/mol. The van der Waals surface area contributed by atoms with Gasteiger partial charge in [0, 0.05) is 6.42 Å². The standard InChI is InChI=1S/C27H46O4/c1-6-18-22-15-17(28)11-13-27(22,4)21-12-14-26(3)19(16(2)7-10-23(29)31-5)8-9-20(26)24(21)25(18)30/h16-22,24-25,28,30H,6-15H2,1-5H3/t16?,17-,18-,19-,20+,21+,22+,24+,25-,26-,27-/m1/s1. The molecule has 0 radical (unpaired) electrons. The van der Waals surface area contributed by atoms with Gasteiger partial charge in [0.2, 0.25) is 0 Å². The Balaban J connectivity index is 1.58. The first-order chi connectivity index (χ1) is 14.7. The fourth-order valence-corrected chi connectivity index (χ4v) is 9.58. The van der Waals surface area contributed by atoms with Gasteiger partial charge in [0.15, 0.2) is 0 Å². The van der Waals surface area contributed by atoms with Crippen molar-refractivity contribution in [3.63, 3.8) is 0 Å². The van der Waals surface area contributed by atoms with Crippen molar-refractivity contribution in [2.24, 2.45) is 52.3 Å². The van der Waals surface area contributed by atoms with Crippen LogP contribution in [0.3, 0.4) is 0 Å². The first-order valence-electron chi connectivity index (χ1n) is 13.1. The van der Waals surface area contributed by atoms with Crippen molar-refractivity contribution < 1.29 is 19.7 Å². The lowest BCUT2D eigenvalue weighted by Crippen LogP contribution is -2.62. The molecule has 0 spiro atoms. The molecule has 0 bridgehead atoms. The highest BCUT2D eigenvalue weighted by Crippen LogP contribution is 2.69. The molecule has 0 aromatic rings. The third kappa shape index (κ3) is 3.68. The molecule has 2 N–H and O–H groups in total. The van der Waals surface area contributed by atoms with Gasteiger partial charge in [0.1, 0.15) is 0 Å². The third-order valence-electron chi connectivity index (χ3n) is 11.2. The van der Waals surface area contributed by atoms with Gasteiger partial charge in [-0.05, 0) is 104 Å².